The minimum atomic E-state index is -1.84. The Morgan fingerprint density at radius 2 is 1.52 bits per heavy atom. The van der Waals surface area contributed by atoms with Crippen molar-refractivity contribution in [2.24, 2.45) is 5.92 Å². The molecule has 56 heavy (non-hydrogen) atoms. The largest absolute Gasteiger partial charge is 0.394 e. The molecule has 4 aliphatic heterocycles. The first-order valence-electron chi connectivity index (χ1n) is 19.4. The van der Waals surface area contributed by atoms with E-state index in [-0.39, 0.29) is 13.0 Å². The van der Waals surface area contributed by atoms with Crippen LogP contribution < -0.4 is 16.0 Å². The SMILES string of the molecule is CC[C@@H](C)CCCCCC/C=C/C(=O)N[C@H]1[C@@H](O[C@@H]2O[C@H](CO)[C@@H](O)[C@H](O)[C@H]2NC(C)=O)O[C@@H](C[C@H](O)[C@H]2O[C@@H](N3CCC(=O)NC3=O)[C@@H](O)[C@H]2O)[C@H](O)[C@@H]1O. The van der Waals surface area contributed by atoms with Gasteiger partial charge in [0.1, 0.15) is 60.9 Å². The number of carbonyl (C=O) groups is 4. The number of nitrogens with zero attached hydrogens (tertiary/aromatic N) is 1. The zero-order valence-corrected chi connectivity index (χ0v) is 32.0. The molecule has 320 valence electrons. The molecule has 5 amide bonds. The van der Waals surface area contributed by atoms with Gasteiger partial charge in [-0.15, -0.1) is 0 Å². The summed E-state index contributed by atoms with van der Waals surface area (Å²) in [7, 11) is 0. The third-order valence-electron chi connectivity index (χ3n) is 10.8. The number of nitrogens with one attached hydrogen (secondary N) is 3. The Kier molecular flexibility index (Phi) is 17.4. The molecule has 4 heterocycles. The van der Waals surface area contributed by atoms with Gasteiger partial charge < -0.3 is 70.4 Å². The summed E-state index contributed by atoms with van der Waals surface area (Å²) >= 11 is 0. The second-order valence-corrected chi connectivity index (χ2v) is 15.1. The average molecular weight is 805 g/mol. The standard InChI is InChI=1S/C36H60N4O16/c1-4-17(2)11-9-7-5-6-8-10-12-22(44)38-25-29(49)26(46)20(53-35(25)56-34-24(37-18(3)42)28(48)27(47)21(16-41)54-34)15-19(43)32-30(50)31(51)33(55-32)40-14-13-23(45)39-36(40)52/h10,12,17,19-21,24-35,41,43,46-51H,4-9,11,13-16H2,1-3H3,(H,37,42)(H,38,44)(H,39,45,52)/b12-10+/t17-,19+,20+,21-,24-,25-,26+,27-,28-,29-,30-,31+,32-,33-,34+,35-/m1/s1. The summed E-state index contributed by atoms with van der Waals surface area (Å²) in [4.78, 5) is 50.1. The van der Waals surface area contributed by atoms with E-state index in [1.807, 2.05) is 0 Å². The van der Waals surface area contributed by atoms with Crippen LogP contribution in [0.25, 0.3) is 0 Å². The number of carbonyl (C=O) groups excluding carboxylic acids is 4. The first-order chi connectivity index (χ1) is 26.6. The monoisotopic (exact) mass is 804 g/mol. The number of hydrogen-bond acceptors (Lipinski definition) is 16. The van der Waals surface area contributed by atoms with Crippen molar-refractivity contribution in [2.45, 2.75) is 170 Å². The quantitative estimate of drug-likeness (QED) is 0.0485. The fourth-order valence-electron chi connectivity index (χ4n) is 7.28. The fourth-order valence-corrected chi connectivity index (χ4v) is 7.28. The van der Waals surface area contributed by atoms with Crippen LogP contribution >= 0.6 is 0 Å². The molecule has 11 N–H and O–H groups in total. The van der Waals surface area contributed by atoms with E-state index >= 15 is 0 Å². The lowest BCUT2D eigenvalue weighted by Crippen LogP contribution is -2.68. The Balaban J connectivity index is 1.48. The van der Waals surface area contributed by atoms with Crippen molar-refractivity contribution in [3.8, 4) is 0 Å². The fraction of sp³-hybridized carbons (Fsp3) is 0.833. The van der Waals surface area contributed by atoms with E-state index in [0.717, 1.165) is 50.3 Å². The van der Waals surface area contributed by atoms with E-state index in [0.29, 0.717) is 12.3 Å². The summed E-state index contributed by atoms with van der Waals surface area (Å²) in [5, 5.41) is 93.4. The molecule has 0 aromatic rings. The number of hydrogen-bond donors (Lipinski definition) is 11. The lowest BCUT2D eigenvalue weighted by Gasteiger charge is -2.47. The Morgan fingerprint density at radius 1 is 0.893 bits per heavy atom. The van der Waals surface area contributed by atoms with Crippen molar-refractivity contribution in [3.05, 3.63) is 12.2 Å². The summed E-state index contributed by atoms with van der Waals surface area (Å²) in [5.74, 6) is -1.21. The summed E-state index contributed by atoms with van der Waals surface area (Å²) in [6, 6.07) is -3.86. The van der Waals surface area contributed by atoms with Crippen molar-refractivity contribution >= 4 is 23.8 Å². The molecule has 0 aromatic carbocycles. The van der Waals surface area contributed by atoms with Gasteiger partial charge in [-0.1, -0.05) is 52.0 Å². The Morgan fingerprint density at radius 3 is 2.14 bits per heavy atom. The van der Waals surface area contributed by atoms with E-state index in [9.17, 15) is 60.0 Å². The van der Waals surface area contributed by atoms with E-state index < -0.39 is 129 Å². The van der Waals surface area contributed by atoms with Crippen molar-refractivity contribution < 1.29 is 79.0 Å². The predicted octanol–water partition coefficient (Wildman–Crippen LogP) is -3.04. The molecular weight excluding hydrogens is 744 g/mol. The highest BCUT2D eigenvalue weighted by atomic mass is 16.8. The van der Waals surface area contributed by atoms with Crippen molar-refractivity contribution in [3.63, 3.8) is 0 Å². The number of urea groups is 1. The van der Waals surface area contributed by atoms with Crippen LogP contribution in [0.2, 0.25) is 0 Å². The van der Waals surface area contributed by atoms with Gasteiger partial charge in [0.15, 0.2) is 18.8 Å². The third-order valence-corrected chi connectivity index (χ3v) is 10.8. The highest BCUT2D eigenvalue weighted by molar-refractivity contribution is 5.96. The zero-order chi connectivity index (χ0) is 41.3. The van der Waals surface area contributed by atoms with Crippen LogP contribution in [0.4, 0.5) is 4.79 Å². The van der Waals surface area contributed by atoms with Gasteiger partial charge in [0.2, 0.25) is 17.7 Å². The summed E-state index contributed by atoms with van der Waals surface area (Å²) in [6.07, 6.45) is -12.4. The Labute approximate surface area is 325 Å². The van der Waals surface area contributed by atoms with Crippen molar-refractivity contribution in [1.82, 2.24) is 20.9 Å². The van der Waals surface area contributed by atoms with Gasteiger partial charge in [0.05, 0.1) is 18.8 Å². The maximum atomic E-state index is 13.1. The van der Waals surface area contributed by atoms with Crippen LogP contribution in [0, 0.1) is 5.92 Å². The molecule has 0 radical (unpaired) electrons. The van der Waals surface area contributed by atoms with Gasteiger partial charge in [0.25, 0.3) is 0 Å². The van der Waals surface area contributed by atoms with Gasteiger partial charge in [-0.2, -0.15) is 0 Å². The van der Waals surface area contributed by atoms with Crippen molar-refractivity contribution in [2.75, 3.05) is 13.2 Å². The molecule has 4 rings (SSSR count). The second kappa shape index (κ2) is 21.2. The molecule has 20 nitrogen and oxygen atoms in total. The number of rotatable bonds is 18. The van der Waals surface area contributed by atoms with Gasteiger partial charge in [-0.05, 0) is 24.8 Å². The minimum Gasteiger partial charge on any atom is -0.394 e. The van der Waals surface area contributed by atoms with E-state index in [4.69, 9.17) is 18.9 Å². The molecular formula is C36H60N4O16. The molecule has 0 spiro atoms. The lowest BCUT2D eigenvalue weighted by molar-refractivity contribution is -0.346. The first kappa shape index (κ1) is 45.8. The second-order valence-electron chi connectivity index (χ2n) is 15.1. The molecule has 0 aliphatic carbocycles. The molecule has 4 aliphatic rings. The van der Waals surface area contributed by atoms with E-state index in [2.05, 4.69) is 29.8 Å². The molecule has 0 unspecified atom stereocenters. The predicted molar refractivity (Wildman–Crippen MR) is 192 cm³/mol. The highest BCUT2D eigenvalue weighted by Gasteiger charge is 2.54. The van der Waals surface area contributed by atoms with E-state index in [1.54, 1.807) is 6.08 Å². The maximum absolute atomic E-state index is 13.1. The van der Waals surface area contributed by atoms with Gasteiger partial charge in [0, 0.05) is 26.3 Å². The van der Waals surface area contributed by atoms with E-state index in [1.165, 1.54) is 6.08 Å². The molecule has 4 fully saturated rings. The smallest absolute Gasteiger partial charge is 0.326 e. The number of aliphatic hydroxyl groups is 8. The summed E-state index contributed by atoms with van der Waals surface area (Å²) < 4.78 is 23.3. The number of allylic oxidation sites excluding steroid dienone is 1. The normalized spacial score (nSPS) is 37.7. The maximum Gasteiger partial charge on any atom is 0.326 e. The van der Waals surface area contributed by atoms with Crippen LogP contribution in [-0.2, 0) is 33.3 Å². The number of imide groups is 1. The summed E-state index contributed by atoms with van der Waals surface area (Å²) in [6.45, 7) is 4.60. The lowest BCUT2D eigenvalue weighted by atomic mass is 9.91. The van der Waals surface area contributed by atoms with Crippen LogP contribution in [0.15, 0.2) is 12.2 Å². The molecule has 0 aromatic heterocycles. The van der Waals surface area contributed by atoms with Crippen LogP contribution in [0.3, 0.4) is 0 Å². The average Bonchev–Trinajstić information content (AvgIpc) is 3.45. The third kappa shape index (κ3) is 11.6. The van der Waals surface area contributed by atoms with Crippen LogP contribution in [0.5, 0.6) is 0 Å². The number of unbranched alkanes of at least 4 members (excludes halogenated alkanes) is 4. The topological polar surface area (TPSA) is 306 Å². The van der Waals surface area contributed by atoms with Gasteiger partial charge in [-0.25, -0.2) is 4.79 Å². The zero-order valence-electron chi connectivity index (χ0n) is 32.0. The molecule has 4 saturated heterocycles. The van der Waals surface area contributed by atoms with Gasteiger partial charge in [-0.3, -0.25) is 24.6 Å². The van der Waals surface area contributed by atoms with Crippen LogP contribution in [-0.4, -0.2) is 175 Å². The molecule has 20 heteroatoms. The van der Waals surface area contributed by atoms with Crippen molar-refractivity contribution in [1.29, 1.82) is 0 Å². The number of ether oxygens (including phenoxy) is 4. The minimum absolute atomic E-state index is 0.0995. The number of aliphatic hydroxyl groups excluding tert-OH is 8. The number of amides is 5. The first-order valence-corrected chi connectivity index (χ1v) is 19.4. The molecule has 0 saturated carbocycles. The molecule has 0 bridgehead atoms. The Hall–Kier alpha value is -2.86. The molecule has 16 atom stereocenters. The highest BCUT2D eigenvalue weighted by Crippen LogP contribution is 2.33. The van der Waals surface area contributed by atoms with Crippen LogP contribution in [0.1, 0.15) is 78.6 Å². The summed E-state index contributed by atoms with van der Waals surface area (Å²) in [5.41, 5.74) is 0. The van der Waals surface area contributed by atoms with Gasteiger partial charge >= 0.3 is 6.03 Å². The Bertz CT molecular complexity index is 1340.